The van der Waals surface area contributed by atoms with Crippen LogP contribution < -0.4 is 0 Å². The van der Waals surface area contributed by atoms with Crippen molar-refractivity contribution in [2.75, 3.05) is 0 Å². The molecule has 0 amide bonds. The number of hydrogen-bond acceptors (Lipinski definition) is 1. The summed E-state index contributed by atoms with van der Waals surface area (Å²) >= 11 is 0. The van der Waals surface area contributed by atoms with Crippen molar-refractivity contribution in [3.8, 4) is 0 Å². The van der Waals surface area contributed by atoms with Crippen molar-refractivity contribution < 1.29 is 0 Å². The van der Waals surface area contributed by atoms with Gasteiger partial charge in [0.1, 0.15) is 0 Å². The van der Waals surface area contributed by atoms with E-state index < -0.39 is 0 Å². The molecule has 1 aromatic carbocycles. The monoisotopic (exact) mass is 283 g/mol. The SMILES string of the molecule is Cc1ccc(C2CCC(C3CCC(C=N)CC3)CC2)cc1. The molecule has 2 aliphatic carbocycles. The molecule has 21 heavy (non-hydrogen) atoms. The third-order valence-electron chi connectivity index (χ3n) is 6.04. The molecule has 2 aliphatic rings. The predicted molar refractivity (Wildman–Crippen MR) is 90.1 cm³/mol. The molecule has 0 radical (unpaired) electrons. The van der Waals surface area contributed by atoms with Crippen LogP contribution in [0.2, 0.25) is 0 Å². The van der Waals surface area contributed by atoms with Crippen molar-refractivity contribution in [1.29, 1.82) is 5.41 Å². The fourth-order valence-corrected chi connectivity index (χ4v) is 4.55. The van der Waals surface area contributed by atoms with Crippen molar-refractivity contribution in [2.24, 2.45) is 17.8 Å². The molecule has 0 spiro atoms. The Morgan fingerprint density at radius 1 is 0.810 bits per heavy atom. The number of benzene rings is 1. The quantitative estimate of drug-likeness (QED) is 0.685. The second-order valence-electron chi connectivity index (χ2n) is 7.36. The zero-order valence-corrected chi connectivity index (χ0v) is 13.4. The third kappa shape index (κ3) is 3.56. The second kappa shape index (κ2) is 6.77. The zero-order chi connectivity index (χ0) is 14.7. The van der Waals surface area contributed by atoms with Crippen LogP contribution in [0.15, 0.2) is 24.3 Å². The molecule has 2 saturated carbocycles. The van der Waals surface area contributed by atoms with Crippen LogP contribution in [0.5, 0.6) is 0 Å². The first-order valence-corrected chi connectivity index (χ1v) is 8.83. The van der Waals surface area contributed by atoms with Crippen LogP contribution in [0, 0.1) is 30.1 Å². The van der Waals surface area contributed by atoms with E-state index in [4.69, 9.17) is 5.41 Å². The molecule has 0 aliphatic heterocycles. The van der Waals surface area contributed by atoms with Gasteiger partial charge in [-0.3, -0.25) is 0 Å². The molecule has 1 heteroatoms. The molecule has 114 valence electrons. The fourth-order valence-electron chi connectivity index (χ4n) is 4.55. The van der Waals surface area contributed by atoms with Gasteiger partial charge in [-0.25, -0.2) is 0 Å². The molecular weight excluding hydrogens is 254 g/mol. The van der Waals surface area contributed by atoms with Gasteiger partial charge in [-0.15, -0.1) is 0 Å². The zero-order valence-electron chi connectivity index (χ0n) is 13.4. The minimum atomic E-state index is 0.588. The summed E-state index contributed by atoms with van der Waals surface area (Å²) in [5.74, 6) is 3.32. The van der Waals surface area contributed by atoms with E-state index in [0.29, 0.717) is 5.92 Å². The Labute approximate surface area is 129 Å². The van der Waals surface area contributed by atoms with Crippen LogP contribution in [0.1, 0.15) is 68.4 Å². The number of hydrogen-bond donors (Lipinski definition) is 1. The summed E-state index contributed by atoms with van der Waals surface area (Å²) in [7, 11) is 0. The minimum absolute atomic E-state index is 0.588. The molecule has 2 fully saturated rings. The van der Waals surface area contributed by atoms with Crippen molar-refractivity contribution in [1.82, 2.24) is 0 Å². The van der Waals surface area contributed by atoms with Crippen molar-refractivity contribution in [3.05, 3.63) is 35.4 Å². The Morgan fingerprint density at radius 2 is 1.33 bits per heavy atom. The van der Waals surface area contributed by atoms with Gasteiger partial charge >= 0.3 is 0 Å². The lowest BCUT2D eigenvalue weighted by atomic mass is 9.68. The first-order valence-electron chi connectivity index (χ1n) is 8.83. The maximum absolute atomic E-state index is 7.42. The summed E-state index contributed by atoms with van der Waals surface area (Å²) in [5.41, 5.74) is 2.93. The maximum Gasteiger partial charge on any atom is -0.00167 e. The Kier molecular flexibility index (Phi) is 4.77. The summed E-state index contributed by atoms with van der Waals surface area (Å²) in [4.78, 5) is 0. The van der Waals surface area contributed by atoms with Gasteiger partial charge in [-0.2, -0.15) is 0 Å². The summed E-state index contributed by atoms with van der Waals surface area (Å²) in [6.07, 6.45) is 12.6. The fraction of sp³-hybridized carbons (Fsp3) is 0.650. The minimum Gasteiger partial charge on any atom is -0.313 e. The lowest BCUT2D eigenvalue weighted by Gasteiger charge is -2.37. The van der Waals surface area contributed by atoms with Crippen LogP contribution in [0.25, 0.3) is 0 Å². The van der Waals surface area contributed by atoms with Crippen LogP contribution >= 0.6 is 0 Å². The molecule has 0 aromatic heterocycles. The summed E-state index contributed by atoms with van der Waals surface area (Å²) in [6.45, 7) is 2.17. The van der Waals surface area contributed by atoms with Gasteiger partial charge in [-0.05, 0) is 93.7 Å². The molecule has 3 rings (SSSR count). The lowest BCUT2D eigenvalue weighted by molar-refractivity contribution is 0.176. The summed E-state index contributed by atoms with van der Waals surface area (Å²) in [6, 6.07) is 9.21. The van der Waals surface area contributed by atoms with E-state index >= 15 is 0 Å². The van der Waals surface area contributed by atoms with Gasteiger partial charge < -0.3 is 5.41 Å². The van der Waals surface area contributed by atoms with Crippen LogP contribution in [-0.2, 0) is 0 Å². The van der Waals surface area contributed by atoms with E-state index in [9.17, 15) is 0 Å². The maximum atomic E-state index is 7.42. The Bertz CT molecular complexity index is 445. The van der Waals surface area contributed by atoms with Crippen molar-refractivity contribution in [3.63, 3.8) is 0 Å². The van der Waals surface area contributed by atoms with E-state index in [2.05, 4.69) is 31.2 Å². The second-order valence-corrected chi connectivity index (χ2v) is 7.36. The third-order valence-corrected chi connectivity index (χ3v) is 6.04. The Balaban J connectivity index is 1.51. The summed E-state index contributed by atoms with van der Waals surface area (Å²) < 4.78 is 0. The molecule has 1 aromatic rings. The average Bonchev–Trinajstić information content (AvgIpc) is 2.56. The Morgan fingerprint density at radius 3 is 1.86 bits per heavy atom. The van der Waals surface area contributed by atoms with Crippen LogP contribution in [0.3, 0.4) is 0 Å². The van der Waals surface area contributed by atoms with Gasteiger partial charge in [0, 0.05) is 0 Å². The highest BCUT2D eigenvalue weighted by Gasteiger charge is 2.30. The first kappa shape index (κ1) is 14.8. The summed E-state index contributed by atoms with van der Waals surface area (Å²) in [5, 5.41) is 7.42. The normalized spacial score (nSPS) is 33.6. The average molecular weight is 283 g/mol. The topological polar surface area (TPSA) is 23.9 Å². The highest BCUT2D eigenvalue weighted by atomic mass is 14.4. The molecule has 0 bridgehead atoms. The van der Waals surface area contributed by atoms with Gasteiger partial charge in [0.15, 0.2) is 0 Å². The molecule has 0 atom stereocenters. The van der Waals surface area contributed by atoms with Crippen molar-refractivity contribution in [2.45, 2.75) is 64.2 Å². The van der Waals surface area contributed by atoms with Crippen LogP contribution in [0.4, 0.5) is 0 Å². The van der Waals surface area contributed by atoms with E-state index in [1.165, 1.54) is 56.9 Å². The van der Waals surface area contributed by atoms with Crippen molar-refractivity contribution >= 4 is 6.21 Å². The molecular formula is C20H29N. The molecule has 0 saturated heterocycles. The number of nitrogens with one attached hydrogen (secondary N) is 1. The smallest absolute Gasteiger partial charge is 0.00167 e. The first-order chi connectivity index (χ1) is 10.3. The predicted octanol–water partition coefficient (Wildman–Crippen LogP) is 5.72. The van der Waals surface area contributed by atoms with Crippen LogP contribution in [-0.4, -0.2) is 6.21 Å². The van der Waals surface area contributed by atoms with E-state index in [1.54, 1.807) is 11.8 Å². The number of rotatable bonds is 3. The standard InChI is InChI=1S/C20H29N/c1-15-2-6-17(7-3-15)19-10-12-20(13-11-19)18-8-4-16(14-21)5-9-18/h2-3,6-7,14,16,18-21H,4-5,8-13H2,1H3. The van der Waals surface area contributed by atoms with Gasteiger partial charge in [0.05, 0.1) is 0 Å². The van der Waals surface area contributed by atoms with E-state index in [-0.39, 0.29) is 0 Å². The highest BCUT2D eigenvalue weighted by Crippen LogP contribution is 2.43. The Hall–Kier alpha value is -1.11. The van der Waals surface area contributed by atoms with E-state index in [0.717, 1.165) is 17.8 Å². The molecule has 1 N–H and O–H groups in total. The van der Waals surface area contributed by atoms with Gasteiger partial charge in [0.25, 0.3) is 0 Å². The van der Waals surface area contributed by atoms with Gasteiger partial charge in [0.2, 0.25) is 0 Å². The largest absolute Gasteiger partial charge is 0.313 e. The number of aryl methyl sites for hydroxylation is 1. The molecule has 0 heterocycles. The van der Waals surface area contributed by atoms with E-state index in [1.807, 2.05) is 0 Å². The highest BCUT2D eigenvalue weighted by molar-refractivity contribution is 5.56. The lowest BCUT2D eigenvalue weighted by Crippen LogP contribution is -2.25. The van der Waals surface area contributed by atoms with Gasteiger partial charge in [-0.1, -0.05) is 29.8 Å². The molecule has 1 nitrogen and oxygen atoms in total. The molecule has 0 unspecified atom stereocenters.